The topological polar surface area (TPSA) is 69.6 Å². The maximum atomic E-state index is 11.7. The molecule has 0 saturated heterocycles. The Hall–Kier alpha value is -1.70. The fraction of sp³-hybridized carbons (Fsp3) is 0.200. The molecule has 0 bridgehead atoms. The van der Waals surface area contributed by atoms with Gasteiger partial charge < -0.3 is 10.0 Å². The summed E-state index contributed by atoms with van der Waals surface area (Å²) in [5, 5.41) is 14.8. The Morgan fingerprint density at radius 2 is 2.13 bits per heavy atom. The molecular weight excluding hydrogens is 356 g/mol. The van der Waals surface area contributed by atoms with Gasteiger partial charge in [0.2, 0.25) is 0 Å². The van der Waals surface area contributed by atoms with Crippen LogP contribution in [0.25, 0.3) is 0 Å². The van der Waals surface area contributed by atoms with Crippen LogP contribution in [0.4, 0.5) is 9.80 Å². The number of nitrogens with one attached hydrogen (secondary N) is 1. The maximum absolute atomic E-state index is 11.7. The van der Waals surface area contributed by atoms with Crippen molar-refractivity contribution >= 4 is 51.7 Å². The van der Waals surface area contributed by atoms with E-state index in [1.165, 1.54) is 28.0 Å². The number of nitrogens with zero attached hydrogens (tertiary/aromatic N) is 1. The van der Waals surface area contributed by atoms with Gasteiger partial charge in [-0.3, -0.25) is 5.32 Å². The second-order valence-electron chi connectivity index (χ2n) is 4.85. The van der Waals surface area contributed by atoms with Crippen LogP contribution in [0.2, 0.25) is 5.02 Å². The maximum Gasteiger partial charge on any atom is 0.339 e. The quantitative estimate of drug-likeness (QED) is 0.761. The molecule has 2 N–H and O–H groups in total. The molecule has 0 aliphatic heterocycles. The van der Waals surface area contributed by atoms with Crippen molar-refractivity contribution in [2.75, 3.05) is 19.4 Å². The Morgan fingerprint density at radius 1 is 1.39 bits per heavy atom. The van der Waals surface area contributed by atoms with Crippen LogP contribution < -0.4 is 5.32 Å². The SMILES string of the molecule is CN(C)C(=O)Nc1scc(SCc2cccc(Cl)c2)c1C(=O)O. The number of hydrogen-bond donors (Lipinski definition) is 2. The molecule has 1 aromatic heterocycles. The minimum absolute atomic E-state index is 0.122. The van der Waals surface area contributed by atoms with Crippen LogP contribution in [0.5, 0.6) is 0 Å². The summed E-state index contributed by atoms with van der Waals surface area (Å²) in [6.45, 7) is 0. The standard InChI is InChI=1S/C15H15ClN2O3S2/c1-18(2)15(21)17-13-12(14(19)20)11(8-23-13)22-7-9-4-3-5-10(16)6-9/h3-6,8H,7H2,1-2H3,(H,17,21)(H,19,20). The van der Waals surface area contributed by atoms with Gasteiger partial charge in [0.25, 0.3) is 0 Å². The lowest BCUT2D eigenvalue weighted by Crippen LogP contribution is -2.27. The Labute approximate surface area is 147 Å². The number of carboxylic acids is 1. The smallest absolute Gasteiger partial charge is 0.339 e. The highest BCUT2D eigenvalue weighted by molar-refractivity contribution is 7.98. The zero-order valence-electron chi connectivity index (χ0n) is 12.5. The second-order valence-corrected chi connectivity index (χ2v) is 7.19. The zero-order chi connectivity index (χ0) is 17.0. The van der Waals surface area contributed by atoms with Crippen molar-refractivity contribution in [2.45, 2.75) is 10.6 Å². The second kappa shape index (κ2) is 7.72. The average molecular weight is 371 g/mol. The molecular formula is C15H15ClN2O3S2. The lowest BCUT2D eigenvalue weighted by Gasteiger charge is -2.11. The fourth-order valence-electron chi connectivity index (χ4n) is 1.74. The summed E-state index contributed by atoms with van der Waals surface area (Å²) in [5.41, 5.74) is 1.13. The molecule has 1 aromatic carbocycles. The van der Waals surface area contributed by atoms with E-state index < -0.39 is 5.97 Å². The number of anilines is 1. The van der Waals surface area contributed by atoms with E-state index in [-0.39, 0.29) is 11.6 Å². The number of aromatic carboxylic acids is 1. The zero-order valence-corrected chi connectivity index (χ0v) is 14.9. The molecule has 0 atom stereocenters. The Bertz CT molecular complexity index is 731. The highest BCUT2D eigenvalue weighted by Crippen LogP contribution is 2.36. The molecule has 0 unspecified atom stereocenters. The number of rotatable bonds is 5. The Morgan fingerprint density at radius 3 is 2.74 bits per heavy atom. The molecule has 0 aliphatic carbocycles. The summed E-state index contributed by atoms with van der Waals surface area (Å²) in [6.07, 6.45) is 0. The predicted octanol–water partition coefficient (Wildman–Crippen LogP) is 4.49. The first-order valence-electron chi connectivity index (χ1n) is 6.59. The number of urea groups is 1. The summed E-state index contributed by atoms with van der Waals surface area (Å²) >= 11 is 8.55. The van der Waals surface area contributed by atoms with E-state index in [1.807, 2.05) is 18.2 Å². The molecule has 122 valence electrons. The van der Waals surface area contributed by atoms with Crippen molar-refractivity contribution in [3.8, 4) is 0 Å². The number of thioether (sulfide) groups is 1. The Kier molecular flexibility index (Phi) is 5.92. The normalized spacial score (nSPS) is 10.4. The monoisotopic (exact) mass is 370 g/mol. The third-order valence-corrected chi connectivity index (χ3v) is 5.27. The summed E-state index contributed by atoms with van der Waals surface area (Å²) < 4.78 is 0. The molecule has 1 heterocycles. The van der Waals surface area contributed by atoms with Crippen molar-refractivity contribution in [1.82, 2.24) is 4.90 Å². The van der Waals surface area contributed by atoms with E-state index in [1.54, 1.807) is 25.5 Å². The number of carbonyl (C=O) groups is 2. The highest BCUT2D eigenvalue weighted by atomic mass is 35.5. The van der Waals surface area contributed by atoms with Gasteiger partial charge in [-0.05, 0) is 17.7 Å². The first kappa shape index (κ1) is 17.7. The van der Waals surface area contributed by atoms with E-state index in [2.05, 4.69) is 5.32 Å². The molecule has 0 radical (unpaired) electrons. The van der Waals surface area contributed by atoms with Crippen LogP contribution in [-0.2, 0) is 5.75 Å². The average Bonchev–Trinajstić information content (AvgIpc) is 2.88. The number of thiophene rings is 1. The van der Waals surface area contributed by atoms with Crippen molar-refractivity contribution in [3.05, 3.63) is 45.8 Å². The van der Waals surface area contributed by atoms with Crippen LogP contribution in [0, 0.1) is 0 Å². The van der Waals surface area contributed by atoms with Crippen LogP contribution in [-0.4, -0.2) is 36.1 Å². The van der Waals surface area contributed by atoms with Gasteiger partial charge >= 0.3 is 12.0 Å². The van der Waals surface area contributed by atoms with Crippen LogP contribution >= 0.6 is 34.7 Å². The number of benzene rings is 1. The number of carboxylic acid groups (broad SMARTS) is 1. The van der Waals surface area contributed by atoms with Gasteiger partial charge in [-0.15, -0.1) is 23.1 Å². The number of halogens is 1. The number of hydrogen-bond acceptors (Lipinski definition) is 4. The Balaban J connectivity index is 2.17. The first-order valence-corrected chi connectivity index (χ1v) is 8.83. The highest BCUT2D eigenvalue weighted by Gasteiger charge is 2.21. The summed E-state index contributed by atoms with van der Waals surface area (Å²) in [6, 6.07) is 7.06. The third-order valence-electron chi connectivity index (χ3n) is 2.88. The van der Waals surface area contributed by atoms with Crippen molar-refractivity contribution < 1.29 is 14.7 Å². The first-order chi connectivity index (χ1) is 10.9. The largest absolute Gasteiger partial charge is 0.478 e. The molecule has 0 spiro atoms. The molecule has 23 heavy (non-hydrogen) atoms. The third kappa shape index (κ3) is 4.63. The van der Waals surface area contributed by atoms with Gasteiger partial charge in [-0.1, -0.05) is 23.7 Å². The molecule has 0 aliphatic rings. The summed E-state index contributed by atoms with van der Waals surface area (Å²) in [4.78, 5) is 25.2. The van der Waals surface area contributed by atoms with E-state index in [9.17, 15) is 14.7 Å². The van der Waals surface area contributed by atoms with Gasteiger partial charge in [0.1, 0.15) is 10.6 Å². The van der Waals surface area contributed by atoms with Crippen LogP contribution in [0.1, 0.15) is 15.9 Å². The lowest BCUT2D eigenvalue weighted by molar-refractivity contribution is 0.0695. The molecule has 5 nitrogen and oxygen atoms in total. The van der Waals surface area contributed by atoms with E-state index in [0.717, 1.165) is 5.56 Å². The molecule has 0 fully saturated rings. The number of amides is 2. The molecule has 0 saturated carbocycles. The summed E-state index contributed by atoms with van der Waals surface area (Å²) in [7, 11) is 3.19. The number of carbonyl (C=O) groups excluding carboxylic acids is 1. The van der Waals surface area contributed by atoms with Crippen molar-refractivity contribution in [1.29, 1.82) is 0 Å². The fourth-order valence-corrected chi connectivity index (χ4v) is 4.07. The molecule has 2 rings (SSSR count). The van der Waals surface area contributed by atoms with E-state index in [0.29, 0.717) is 20.7 Å². The van der Waals surface area contributed by atoms with Crippen LogP contribution in [0.15, 0.2) is 34.5 Å². The minimum atomic E-state index is -1.06. The molecule has 8 heteroatoms. The van der Waals surface area contributed by atoms with E-state index >= 15 is 0 Å². The van der Waals surface area contributed by atoms with Gasteiger partial charge in [0.05, 0.1) is 0 Å². The minimum Gasteiger partial charge on any atom is -0.478 e. The predicted molar refractivity (Wildman–Crippen MR) is 95.0 cm³/mol. The van der Waals surface area contributed by atoms with Crippen molar-refractivity contribution in [2.24, 2.45) is 0 Å². The van der Waals surface area contributed by atoms with Gasteiger partial charge in [0, 0.05) is 35.1 Å². The lowest BCUT2D eigenvalue weighted by atomic mass is 10.2. The van der Waals surface area contributed by atoms with Gasteiger partial charge in [0.15, 0.2) is 0 Å². The van der Waals surface area contributed by atoms with Gasteiger partial charge in [-0.25, -0.2) is 9.59 Å². The summed E-state index contributed by atoms with van der Waals surface area (Å²) in [5.74, 6) is -0.465. The molecule has 2 amide bonds. The molecule has 2 aromatic rings. The van der Waals surface area contributed by atoms with Crippen molar-refractivity contribution in [3.63, 3.8) is 0 Å². The van der Waals surface area contributed by atoms with Gasteiger partial charge in [-0.2, -0.15) is 0 Å². The van der Waals surface area contributed by atoms with Crippen LogP contribution in [0.3, 0.4) is 0 Å². The van der Waals surface area contributed by atoms with E-state index in [4.69, 9.17) is 11.6 Å².